The predicted molar refractivity (Wildman–Crippen MR) is 159 cm³/mol. The third-order valence-corrected chi connectivity index (χ3v) is 8.73. The molecule has 0 spiro atoms. The Morgan fingerprint density at radius 3 is 2.61 bits per heavy atom. The van der Waals surface area contributed by atoms with Crippen molar-refractivity contribution in [3.8, 4) is 5.75 Å². The summed E-state index contributed by atoms with van der Waals surface area (Å²) in [6.45, 7) is 4.52. The molecule has 1 aromatic heterocycles. The highest BCUT2D eigenvalue weighted by Gasteiger charge is 2.48. The smallest absolute Gasteiger partial charge is 0.301 e. The number of aryl methyl sites for hydroxylation is 1. The topological polar surface area (TPSA) is 92.6 Å². The predicted octanol–water partition coefficient (Wildman–Crippen LogP) is 7.08. The van der Waals surface area contributed by atoms with Crippen molar-refractivity contribution < 1.29 is 23.8 Å². The minimum atomic E-state index is -0.955. The number of aliphatic hydroxyl groups is 1. The maximum absolute atomic E-state index is 14.1. The molecule has 1 amide bonds. The lowest BCUT2D eigenvalue weighted by molar-refractivity contribution is -0.132. The van der Waals surface area contributed by atoms with Gasteiger partial charge in [-0.1, -0.05) is 96.6 Å². The van der Waals surface area contributed by atoms with E-state index in [1.807, 2.05) is 25.1 Å². The molecule has 5 rings (SSSR count). The van der Waals surface area contributed by atoms with Crippen LogP contribution in [-0.2, 0) is 15.3 Å². The molecule has 1 N–H and O–H groups in total. The monoisotopic (exact) mass is 589 g/mol. The van der Waals surface area contributed by atoms with Crippen molar-refractivity contribution in [1.82, 2.24) is 10.2 Å². The molecule has 4 aromatic rings. The molecule has 2 heterocycles. The summed E-state index contributed by atoms with van der Waals surface area (Å²) in [5.41, 5.74) is 2.48. The minimum absolute atomic E-state index is 0.0414. The SMILES string of the molecule is CCCCOc1cccc(C2C(=C(O)c3ccc(C)cc3)C(=O)C(=O)N2c2nnc(SCc3ccccc3F)s2)c1. The molecule has 41 heavy (non-hydrogen) atoms. The number of unbranched alkanes of at least 4 members (excludes halogenated alkanes) is 1. The number of rotatable bonds is 10. The third kappa shape index (κ3) is 6.18. The molecule has 0 saturated carbocycles. The van der Waals surface area contributed by atoms with E-state index in [9.17, 15) is 19.1 Å². The van der Waals surface area contributed by atoms with Gasteiger partial charge in [0.2, 0.25) is 5.13 Å². The summed E-state index contributed by atoms with van der Waals surface area (Å²) in [7, 11) is 0. The minimum Gasteiger partial charge on any atom is -0.507 e. The number of carbonyl (C=O) groups excluding carboxylic acids is 2. The van der Waals surface area contributed by atoms with Crippen LogP contribution in [0.25, 0.3) is 5.76 Å². The number of amides is 1. The summed E-state index contributed by atoms with van der Waals surface area (Å²) in [5, 5.41) is 20.0. The van der Waals surface area contributed by atoms with Gasteiger partial charge >= 0.3 is 5.91 Å². The van der Waals surface area contributed by atoms with Crippen LogP contribution < -0.4 is 9.64 Å². The van der Waals surface area contributed by atoms with E-state index in [1.54, 1.807) is 48.5 Å². The average molecular weight is 590 g/mol. The molecule has 0 radical (unpaired) electrons. The lowest BCUT2D eigenvalue weighted by Crippen LogP contribution is -2.29. The number of benzene rings is 3. The number of anilines is 1. The second-order valence-corrected chi connectivity index (χ2v) is 11.7. The molecule has 210 valence electrons. The second-order valence-electron chi connectivity index (χ2n) is 9.54. The molecule has 1 aliphatic rings. The molecular weight excluding hydrogens is 561 g/mol. The van der Waals surface area contributed by atoms with Crippen molar-refractivity contribution in [2.24, 2.45) is 0 Å². The number of thioether (sulfide) groups is 1. The number of carbonyl (C=O) groups is 2. The average Bonchev–Trinajstić information content (AvgIpc) is 3.55. The van der Waals surface area contributed by atoms with E-state index in [2.05, 4.69) is 17.1 Å². The van der Waals surface area contributed by atoms with Gasteiger partial charge in [-0.3, -0.25) is 14.5 Å². The van der Waals surface area contributed by atoms with E-state index in [0.29, 0.717) is 39.1 Å². The molecule has 0 bridgehead atoms. The molecule has 3 aromatic carbocycles. The van der Waals surface area contributed by atoms with E-state index >= 15 is 0 Å². The highest BCUT2D eigenvalue weighted by atomic mass is 32.2. The molecule has 1 unspecified atom stereocenters. The number of nitrogens with zero attached hydrogens (tertiary/aromatic N) is 3. The van der Waals surface area contributed by atoms with E-state index in [1.165, 1.54) is 22.7 Å². The lowest BCUT2D eigenvalue weighted by atomic mass is 9.95. The van der Waals surface area contributed by atoms with E-state index in [4.69, 9.17) is 4.74 Å². The van der Waals surface area contributed by atoms with E-state index < -0.39 is 17.7 Å². The normalized spacial score (nSPS) is 16.4. The first kappa shape index (κ1) is 28.5. The standard InChI is InChI=1S/C31H28FN3O4S2/c1-3-4-16-39-23-10-7-9-21(17-23)26-25(27(36)20-14-12-19(2)13-15-20)28(37)29(38)35(26)30-33-34-31(41-30)40-18-22-8-5-6-11-24(22)32/h5-15,17,26,36H,3-4,16,18H2,1-2H3. The van der Waals surface area contributed by atoms with Crippen molar-refractivity contribution in [3.63, 3.8) is 0 Å². The first-order valence-electron chi connectivity index (χ1n) is 13.2. The number of ketones is 1. The highest BCUT2D eigenvalue weighted by molar-refractivity contribution is 8.00. The zero-order valence-corrected chi connectivity index (χ0v) is 24.2. The third-order valence-electron chi connectivity index (χ3n) is 6.62. The number of ether oxygens (including phenoxy) is 1. The van der Waals surface area contributed by atoms with Crippen molar-refractivity contribution in [2.75, 3.05) is 11.5 Å². The van der Waals surface area contributed by atoms with Crippen molar-refractivity contribution in [3.05, 3.63) is 106 Å². The van der Waals surface area contributed by atoms with Crippen LogP contribution in [0.3, 0.4) is 0 Å². The first-order chi connectivity index (χ1) is 19.9. The number of hydrogen-bond acceptors (Lipinski definition) is 8. The molecule has 10 heteroatoms. The fraction of sp³-hybridized carbons (Fsp3) is 0.226. The van der Waals surface area contributed by atoms with Crippen molar-refractivity contribution in [2.45, 2.75) is 42.8 Å². The Balaban J connectivity index is 1.54. The number of halogens is 1. The fourth-order valence-electron chi connectivity index (χ4n) is 4.43. The Kier molecular flexibility index (Phi) is 8.80. The molecule has 7 nitrogen and oxygen atoms in total. The van der Waals surface area contributed by atoms with E-state index in [0.717, 1.165) is 29.7 Å². The van der Waals surface area contributed by atoms with Crippen molar-refractivity contribution >= 4 is 45.7 Å². The summed E-state index contributed by atoms with van der Waals surface area (Å²) in [5.74, 6) is -1.30. The van der Waals surface area contributed by atoms with Crippen LogP contribution in [-0.4, -0.2) is 33.6 Å². The van der Waals surface area contributed by atoms with Gasteiger partial charge in [-0.25, -0.2) is 4.39 Å². The Hall–Kier alpha value is -4.02. The number of hydrogen-bond donors (Lipinski definition) is 1. The Bertz CT molecular complexity index is 1600. The summed E-state index contributed by atoms with van der Waals surface area (Å²) < 4.78 is 20.5. The maximum atomic E-state index is 14.1. The van der Waals surface area contributed by atoms with Gasteiger partial charge < -0.3 is 9.84 Å². The quantitative estimate of drug-likeness (QED) is 0.0528. The van der Waals surface area contributed by atoms with Crippen LogP contribution in [0.2, 0.25) is 0 Å². The largest absolute Gasteiger partial charge is 0.507 e. The van der Waals surface area contributed by atoms with Gasteiger partial charge in [-0.2, -0.15) is 0 Å². The van der Waals surface area contributed by atoms with Gasteiger partial charge in [-0.05, 0) is 42.7 Å². The van der Waals surface area contributed by atoms with Crippen LogP contribution in [0.4, 0.5) is 9.52 Å². The van der Waals surface area contributed by atoms with Gasteiger partial charge in [0.05, 0.1) is 18.2 Å². The second kappa shape index (κ2) is 12.7. The van der Waals surface area contributed by atoms with Gasteiger partial charge in [0.1, 0.15) is 17.3 Å². The van der Waals surface area contributed by atoms with Crippen LogP contribution in [0, 0.1) is 12.7 Å². The summed E-state index contributed by atoms with van der Waals surface area (Å²) in [4.78, 5) is 28.3. The van der Waals surface area contributed by atoms with Gasteiger partial charge in [0.25, 0.3) is 5.78 Å². The van der Waals surface area contributed by atoms with Crippen molar-refractivity contribution in [1.29, 1.82) is 0 Å². The molecular formula is C31H28FN3O4S2. The van der Waals surface area contributed by atoms with Gasteiger partial charge in [0.15, 0.2) is 4.34 Å². The number of Topliss-reactive ketones (excluding diaryl/α,β-unsaturated/α-hetero) is 1. The van der Waals surface area contributed by atoms with Crippen LogP contribution in [0.15, 0.2) is 82.7 Å². The fourth-order valence-corrected chi connectivity index (χ4v) is 6.29. The highest BCUT2D eigenvalue weighted by Crippen LogP contribution is 2.44. The summed E-state index contributed by atoms with van der Waals surface area (Å²) >= 11 is 2.41. The lowest BCUT2D eigenvalue weighted by Gasteiger charge is -2.23. The Morgan fingerprint density at radius 2 is 1.85 bits per heavy atom. The van der Waals surface area contributed by atoms with E-state index in [-0.39, 0.29) is 22.3 Å². The molecule has 1 saturated heterocycles. The van der Waals surface area contributed by atoms with Gasteiger partial charge in [-0.15, -0.1) is 10.2 Å². The van der Waals surface area contributed by atoms with Crippen LogP contribution in [0.1, 0.15) is 48.1 Å². The molecule has 0 aliphatic carbocycles. The zero-order valence-electron chi connectivity index (χ0n) is 22.5. The molecule has 1 aliphatic heterocycles. The Labute approximate surface area is 245 Å². The number of aliphatic hydroxyl groups excluding tert-OH is 1. The summed E-state index contributed by atoms with van der Waals surface area (Å²) in [6, 6.07) is 19.8. The maximum Gasteiger partial charge on any atom is 0.301 e. The van der Waals surface area contributed by atoms with Crippen LogP contribution >= 0.6 is 23.1 Å². The van der Waals surface area contributed by atoms with Gasteiger partial charge in [0, 0.05) is 11.3 Å². The van der Waals surface area contributed by atoms with Crippen LogP contribution in [0.5, 0.6) is 5.75 Å². The zero-order chi connectivity index (χ0) is 28.9. The Morgan fingerprint density at radius 1 is 1.07 bits per heavy atom. The molecule has 1 atom stereocenters. The summed E-state index contributed by atoms with van der Waals surface area (Å²) in [6.07, 6.45) is 1.86. The first-order valence-corrected chi connectivity index (χ1v) is 15.0. The number of aromatic nitrogens is 2. The molecule has 1 fully saturated rings.